The zero-order valence-electron chi connectivity index (χ0n) is 11.9. The Bertz CT molecular complexity index is 757. The zero-order chi connectivity index (χ0) is 14.8. The molecule has 3 rings (SSSR count). The van der Waals surface area contributed by atoms with Gasteiger partial charge in [-0.3, -0.25) is 9.89 Å². The second kappa shape index (κ2) is 5.65. The fourth-order valence-corrected chi connectivity index (χ4v) is 3.02. The molecule has 108 valence electrons. The number of aryl methyl sites for hydroxylation is 2. The number of benzene rings is 1. The number of amides is 1. The highest BCUT2D eigenvalue weighted by Gasteiger charge is 2.11. The summed E-state index contributed by atoms with van der Waals surface area (Å²) in [5, 5.41) is 10.8. The van der Waals surface area contributed by atoms with Gasteiger partial charge < -0.3 is 5.32 Å². The summed E-state index contributed by atoms with van der Waals surface area (Å²) in [6, 6.07) is 8.01. The number of nitrogens with one attached hydrogen (secondary N) is 2. The number of hydrogen-bond acceptors (Lipinski definition) is 4. The second-order valence-corrected chi connectivity index (χ2v) is 6.06. The molecular weight excluding hydrogens is 284 g/mol. The maximum atomic E-state index is 12.0. The summed E-state index contributed by atoms with van der Waals surface area (Å²) in [6.07, 6.45) is 1.05. The Labute approximate surface area is 126 Å². The van der Waals surface area contributed by atoms with Crippen molar-refractivity contribution in [1.29, 1.82) is 0 Å². The molecule has 1 amide bonds. The minimum Gasteiger partial charge on any atom is -0.309 e. The molecule has 0 unspecified atom stereocenters. The highest BCUT2D eigenvalue weighted by atomic mass is 32.1. The topological polar surface area (TPSA) is 70.7 Å². The molecule has 2 heterocycles. The lowest BCUT2D eigenvalue weighted by molar-refractivity contribution is -0.116. The highest BCUT2D eigenvalue weighted by Crippen LogP contribution is 2.22. The largest absolute Gasteiger partial charge is 0.309 e. The summed E-state index contributed by atoms with van der Waals surface area (Å²) in [7, 11) is 0. The quantitative estimate of drug-likeness (QED) is 0.777. The van der Waals surface area contributed by atoms with E-state index >= 15 is 0 Å². The van der Waals surface area contributed by atoms with Crippen molar-refractivity contribution in [3.05, 3.63) is 40.5 Å². The maximum absolute atomic E-state index is 12.0. The first-order valence-electron chi connectivity index (χ1n) is 6.79. The predicted octanol–water partition coefficient (Wildman–Crippen LogP) is 3.21. The number of para-hydroxylation sites is 1. The third-order valence-electron chi connectivity index (χ3n) is 3.42. The summed E-state index contributed by atoms with van der Waals surface area (Å²) in [6.45, 7) is 3.86. The van der Waals surface area contributed by atoms with Gasteiger partial charge in [0.2, 0.25) is 5.91 Å². The number of carbonyl (C=O) groups is 1. The van der Waals surface area contributed by atoms with Gasteiger partial charge in [-0.05, 0) is 26.0 Å². The standard InChI is InChI=1S/C15H16N4OS/c1-9-10(2)18-19-15(9)17-13(20)7-8-14-16-11-5-3-4-6-12(11)21-14/h3-6H,7-8H2,1-2H3,(H2,17,18,19,20). The molecule has 0 fully saturated rings. The third-order valence-corrected chi connectivity index (χ3v) is 4.51. The van der Waals surface area contributed by atoms with E-state index in [4.69, 9.17) is 0 Å². The Morgan fingerprint density at radius 2 is 2.14 bits per heavy atom. The van der Waals surface area contributed by atoms with Crippen molar-refractivity contribution in [2.75, 3.05) is 5.32 Å². The Balaban J connectivity index is 1.62. The van der Waals surface area contributed by atoms with Crippen LogP contribution in [0.3, 0.4) is 0 Å². The highest BCUT2D eigenvalue weighted by molar-refractivity contribution is 7.18. The van der Waals surface area contributed by atoms with Crippen molar-refractivity contribution in [3.63, 3.8) is 0 Å². The molecule has 2 N–H and O–H groups in total. The molecule has 0 atom stereocenters. The second-order valence-electron chi connectivity index (χ2n) is 4.95. The van der Waals surface area contributed by atoms with Crippen molar-refractivity contribution in [3.8, 4) is 0 Å². The van der Waals surface area contributed by atoms with E-state index in [-0.39, 0.29) is 5.91 Å². The van der Waals surface area contributed by atoms with Gasteiger partial charge in [0.15, 0.2) is 5.82 Å². The van der Waals surface area contributed by atoms with E-state index in [0.29, 0.717) is 18.7 Å². The molecule has 0 aliphatic carbocycles. The summed E-state index contributed by atoms with van der Waals surface area (Å²) in [4.78, 5) is 16.5. The van der Waals surface area contributed by atoms with E-state index in [2.05, 4.69) is 20.5 Å². The fourth-order valence-electron chi connectivity index (χ4n) is 2.05. The van der Waals surface area contributed by atoms with E-state index in [9.17, 15) is 4.79 Å². The van der Waals surface area contributed by atoms with Crippen LogP contribution in [0, 0.1) is 13.8 Å². The van der Waals surface area contributed by atoms with Gasteiger partial charge in [-0.15, -0.1) is 11.3 Å². The van der Waals surface area contributed by atoms with Gasteiger partial charge in [0.05, 0.1) is 15.2 Å². The lowest BCUT2D eigenvalue weighted by atomic mass is 10.2. The van der Waals surface area contributed by atoms with Crippen molar-refractivity contribution >= 4 is 33.3 Å². The summed E-state index contributed by atoms with van der Waals surface area (Å²) >= 11 is 1.64. The van der Waals surface area contributed by atoms with Crippen molar-refractivity contribution in [2.24, 2.45) is 0 Å². The van der Waals surface area contributed by atoms with Crippen molar-refractivity contribution < 1.29 is 4.79 Å². The molecule has 6 heteroatoms. The minimum atomic E-state index is -0.0381. The van der Waals surface area contributed by atoms with Crippen LogP contribution < -0.4 is 5.32 Å². The fraction of sp³-hybridized carbons (Fsp3) is 0.267. The van der Waals surface area contributed by atoms with E-state index < -0.39 is 0 Å². The van der Waals surface area contributed by atoms with Crippen LogP contribution in [0.25, 0.3) is 10.2 Å². The number of hydrogen-bond donors (Lipinski definition) is 2. The number of aromatic amines is 1. The average molecular weight is 300 g/mol. The molecule has 0 aliphatic heterocycles. The Kier molecular flexibility index (Phi) is 3.70. The molecular formula is C15H16N4OS. The molecule has 0 spiro atoms. The number of carbonyl (C=O) groups excluding carboxylic acids is 1. The van der Waals surface area contributed by atoms with E-state index in [1.54, 1.807) is 11.3 Å². The summed E-state index contributed by atoms with van der Waals surface area (Å²) < 4.78 is 1.16. The normalized spacial score (nSPS) is 11.0. The molecule has 5 nitrogen and oxygen atoms in total. The number of nitrogens with zero attached hydrogens (tertiary/aromatic N) is 2. The van der Waals surface area contributed by atoms with Crippen LogP contribution in [0.5, 0.6) is 0 Å². The summed E-state index contributed by atoms with van der Waals surface area (Å²) in [5.41, 5.74) is 2.94. The van der Waals surface area contributed by atoms with Gasteiger partial charge in [0.25, 0.3) is 0 Å². The van der Waals surface area contributed by atoms with Gasteiger partial charge in [0.1, 0.15) is 0 Å². The number of rotatable bonds is 4. The SMILES string of the molecule is Cc1[nH]nc(NC(=O)CCc2nc3ccccc3s2)c1C. The smallest absolute Gasteiger partial charge is 0.226 e. The van der Waals surface area contributed by atoms with Gasteiger partial charge in [-0.2, -0.15) is 5.10 Å². The first-order chi connectivity index (χ1) is 10.1. The molecule has 0 saturated carbocycles. The van der Waals surface area contributed by atoms with Crippen LogP contribution in [-0.2, 0) is 11.2 Å². The molecule has 0 radical (unpaired) electrons. The first kappa shape index (κ1) is 13.8. The van der Waals surface area contributed by atoms with Gasteiger partial charge >= 0.3 is 0 Å². The van der Waals surface area contributed by atoms with Crippen molar-refractivity contribution in [1.82, 2.24) is 15.2 Å². The molecule has 0 bridgehead atoms. The maximum Gasteiger partial charge on any atom is 0.226 e. The molecule has 1 aromatic carbocycles. The molecule has 0 saturated heterocycles. The predicted molar refractivity (Wildman–Crippen MR) is 84.6 cm³/mol. The number of fused-ring (bicyclic) bond motifs is 1. The lowest BCUT2D eigenvalue weighted by Crippen LogP contribution is -2.13. The first-order valence-corrected chi connectivity index (χ1v) is 7.61. The monoisotopic (exact) mass is 300 g/mol. The lowest BCUT2D eigenvalue weighted by Gasteiger charge is -2.01. The number of aromatic nitrogens is 3. The number of H-pyrrole nitrogens is 1. The Morgan fingerprint density at radius 3 is 2.86 bits per heavy atom. The van der Waals surface area contributed by atoms with Crippen LogP contribution in [-0.4, -0.2) is 21.1 Å². The van der Waals surface area contributed by atoms with E-state index in [0.717, 1.165) is 26.5 Å². The third kappa shape index (κ3) is 2.95. The number of thiazole rings is 1. The van der Waals surface area contributed by atoms with Crippen LogP contribution in [0.1, 0.15) is 22.7 Å². The Hall–Kier alpha value is -2.21. The van der Waals surface area contributed by atoms with Gasteiger partial charge in [-0.1, -0.05) is 12.1 Å². The summed E-state index contributed by atoms with van der Waals surface area (Å²) in [5.74, 6) is 0.575. The zero-order valence-corrected chi connectivity index (χ0v) is 12.8. The average Bonchev–Trinajstić information content (AvgIpc) is 3.03. The molecule has 0 aliphatic rings. The number of anilines is 1. The Morgan fingerprint density at radius 1 is 1.33 bits per heavy atom. The van der Waals surface area contributed by atoms with Crippen LogP contribution in [0.2, 0.25) is 0 Å². The van der Waals surface area contributed by atoms with Crippen LogP contribution in [0.4, 0.5) is 5.82 Å². The van der Waals surface area contributed by atoms with Crippen LogP contribution in [0.15, 0.2) is 24.3 Å². The molecule has 21 heavy (non-hydrogen) atoms. The van der Waals surface area contributed by atoms with Gasteiger partial charge in [-0.25, -0.2) is 4.98 Å². The van der Waals surface area contributed by atoms with Gasteiger partial charge in [0, 0.05) is 24.1 Å². The van der Waals surface area contributed by atoms with E-state index in [1.165, 1.54) is 0 Å². The molecule has 3 aromatic rings. The van der Waals surface area contributed by atoms with E-state index in [1.807, 2.05) is 38.1 Å². The van der Waals surface area contributed by atoms with Crippen molar-refractivity contribution in [2.45, 2.75) is 26.7 Å². The molecule has 2 aromatic heterocycles. The van der Waals surface area contributed by atoms with Crippen LogP contribution >= 0.6 is 11.3 Å². The minimum absolute atomic E-state index is 0.0381.